The van der Waals surface area contributed by atoms with Gasteiger partial charge in [0.2, 0.25) is 0 Å². The highest BCUT2D eigenvalue weighted by Crippen LogP contribution is 2.44. The van der Waals surface area contributed by atoms with Gasteiger partial charge in [-0.15, -0.1) is 0 Å². The standard InChI is InChI=1S/C70H47NO/c1-3-17-49(18-4-1)59-23-10-12-26-63(59)64-27-13-11-24-60(64)51-33-40-57(41-34-51)71(58-42-35-52(36-43-58)67-46-54-21-7-9-25-61(54)65-28-14-15-29-66(65)67)56-38-31-48(32-39-56)53-37-44-62(50-19-5-2-6-20-50)68(45-53)70-47-55-22-8-16-30-69(55)72-70/h1-47H. The highest BCUT2D eigenvalue weighted by atomic mass is 16.3. The van der Waals surface area contributed by atoms with Crippen LogP contribution in [0, 0.1) is 0 Å². The second-order valence-electron chi connectivity index (χ2n) is 18.4. The largest absolute Gasteiger partial charge is 0.456 e. The molecule has 0 aliphatic carbocycles. The predicted molar refractivity (Wildman–Crippen MR) is 304 cm³/mol. The van der Waals surface area contributed by atoms with Crippen molar-refractivity contribution in [1.29, 1.82) is 0 Å². The zero-order valence-electron chi connectivity index (χ0n) is 39.5. The Balaban J connectivity index is 0.901. The molecule has 13 aromatic rings. The van der Waals surface area contributed by atoms with Crippen molar-refractivity contribution in [2.75, 3.05) is 4.90 Å². The molecule has 338 valence electrons. The van der Waals surface area contributed by atoms with Gasteiger partial charge in [0.15, 0.2) is 0 Å². The number of fused-ring (bicyclic) bond motifs is 4. The van der Waals surface area contributed by atoms with E-state index in [-0.39, 0.29) is 0 Å². The summed E-state index contributed by atoms with van der Waals surface area (Å²) in [6.45, 7) is 0. The van der Waals surface area contributed by atoms with E-state index in [1.54, 1.807) is 0 Å². The molecule has 0 N–H and O–H groups in total. The molecule has 0 fully saturated rings. The van der Waals surface area contributed by atoms with E-state index in [0.29, 0.717) is 0 Å². The Bertz CT molecular complexity index is 4030. The van der Waals surface area contributed by atoms with Gasteiger partial charge in [-0.2, -0.15) is 0 Å². The van der Waals surface area contributed by atoms with Crippen molar-refractivity contribution in [3.63, 3.8) is 0 Å². The minimum absolute atomic E-state index is 0.853. The molecule has 72 heavy (non-hydrogen) atoms. The third-order valence-electron chi connectivity index (χ3n) is 14.1. The highest BCUT2D eigenvalue weighted by Gasteiger charge is 2.19. The maximum absolute atomic E-state index is 6.51. The molecule has 0 aliphatic heterocycles. The van der Waals surface area contributed by atoms with E-state index >= 15 is 0 Å². The number of nitrogens with zero attached hydrogens (tertiary/aromatic N) is 1. The maximum Gasteiger partial charge on any atom is 0.136 e. The molecule has 13 rings (SSSR count). The first-order valence-corrected chi connectivity index (χ1v) is 24.6. The Hall–Kier alpha value is -9.50. The molecule has 1 heterocycles. The fraction of sp³-hybridized carbons (Fsp3) is 0. The number of furan rings is 1. The van der Waals surface area contributed by atoms with Crippen LogP contribution in [0.2, 0.25) is 0 Å². The van der Waals surface area contributed by atoms with Gasteiger partial charge in [-0.1, -0.05) is 224 Å². The van der Waals surface area contributed by atoms with Crippen LogP contribution in [0.15, 0.2) is 290 Å². The van der Waals surface area contributed by atoms with Crippen LogP contribution in [-0.2, 0) is 0 Å². The van der Waals surface area contributed by atoms with Crippen molar-refractivity contribution in [1.82, 2.24) is 0 Å². The SMILES string of the molecule is c1ccc(-c2ccc(-c3ccc(N(c4ccc(-c5ccccc5-c5ccccc5-c5ccccc5)cc4)c4ccc(-c5cc6ccccc6c6ccccc56)cc4)cc3)cc2-c2cc3ccccc3o2)cc1. The molecule has 0 saturated carbocycles. The van der Waals surface area contributed by atoms with Crippen molar-refractivity contribution >= 4 is 49.6 Å². The molecule has 0 atom stereocenters. The zero-order valence-corrected chi connectivity index (χ0v) is 39.5. The van der Waals surface area contributed by atoms with Gasteiger partial charge in [-0.25, -0.2) is 0 Å². The molecular formula is C70H47NO. The van der Waals surface area contributed by atoms with Crippen LogP contribution in [0.1, 0.15) is 0 Å². The van der Waals surface area contributed by atoms with E-state index < -0.39 is 0 Å². The van der Waals surface area contributed by atoms with Crippen molar-refractivity contribution in [3.8, 4) is 78.1 Å². The van der Waals surface area contributed by atoms with Crippen LogP contribution < -0.4 is 4.90 Å². The normalized spacial score (nSPS) is 11.3. The Labute approximate surface area is 420 Å². The quantitative estimate of drug-likeness (QED) is 0.127. The number of rotatable bonds is 10. The third-order valence-corrected chi connectivity index (χ3v) is 14.1. The molecule has 0 radical (unpaired) electrons. The van der Waals surface area contributed by atoms with Crippen LogP contribution in [0.25, 0.3) is 111 Å². The van der Waals surface area contributed by atoms with Gasteiger partial charge in [0.05, 0.1) is 0 Å². The van der Waals surface area contributed by atoms with Gasteiger partial charge in [0.1, 0.15) is 11.3 Å². The molecule has 0 bridgehead atoms. The van der Waals surface area contributed by atoms with E-state index in [0.717, 1.165) is 67.2 Å². The van der Waals surface area contributed by atoms with Crippen molar-refractivity contribution < 1.29 is 4.42 Å². The fourth-order valence-corrected chi connectivity index (χ4v) is 10.6. The summed E-state index contributed by atoms with van der Waals surface area (Å²) >= 11 is 0. The van der Waals surface area contributed by atoms with Crippen molar-refractivity contribution in [3.05, 3.63) is 285 Å². The molecule has 1 aromatic heterocycles. The summed E-state index contributed by atoms with van der Waals surface area (Å²) in [5.41, 5.74) is 19.2. The van der Waals surface area contributed by atoms with Crippen LogP contribution in [0.4, 0.5) is 17.1 Å². The van der Waals surface area contributed by atoms with E-state index in [2.05, 4.69) is 278 Å². The average molecular weight is 918 g/mol. The van der Waals surface area contributed by atoms with E-state index in [1.165, 1.54) is 60.5 Å². The summed E-state index contributed by atoms with van der Waals surface area (Å²) in [7, 11) is 0. The van der Waals surface area contributed by atoms with E-state index in [9.17, 15) is 0 Å². The zero-order chi connectivity index (χ0) is 47.8. The lowest BCUT2D eigenvalue weighted by molar-refractivity contribution is 0.632. The van der Waals surface area contributed by atoms with Gasteiger partial charge >= 0.3 is 0 Å². The third kappa shape index (κ3) is 7.92. The number of anilines is 3. The second kappa shape index (κ2) is 18.4. The number of hydrogen-bond acceptors (Lipinski definition) is 2. The summed E-state index contributed by atoms with van der Waals surface area (Å²) < 4.78 is 6.51. The van der Waals surface area contributed by atoms with Gasteiger partial charge in [0, 0.05) is 28.0 Å². The molecule has 12 aromatic carbocycles. The highest BCUT2D eigenvalue weighted by molar-refractivity contribution is 6.14. The van der Waals surface area contributed by atoms with Gasteiger partial charge in [-0.3, -0.25) is 0 Å². The molecule has 2 heteroatoms. The van der Waals surface area contributed by atoms with Crippen LogP contribution >= 0.6 is 0 Å². The monoisotopic (exact) mass is 917 g/mol. The average Bonchev–Trinajstić information content (AvgIpc) is 3.91. The van der Waals surface area contributed by atoms with Gasteiger partial charge in [0.25, 0.3) is 0 Å². The Kier molecular flexibility index (Phi) is 10.9. The number of hydrogen-bond donors (Lipinski definition) is 0. The molecule has 0 aliphatic rings. The molecular weight excluding hydrogens is 871 g/mol. The van der Waals surface area contributed by atoms with Gasteiger partial charge in [-0.05, 0) is 149 Å². The smallest absolute Gasteiger partial charge is 0.136 e. The molecule has 0 spiro atoms. The topological polar surface area (TPSA) is 16.4 Å². The lowest BCUT2D eigenvalue weighted by Gasteiger charge is -2.26. The minimum Gasteiger partial charge on any atom is -0.456 e. The second-order valence-corrected chi connectivity index (χ2v) is 18.4. The van der Waals surface area contributed by atoms with Crippen LogP contribution in [-0.4, -0.2) is 0 Å². The summed E-state index contributed by atoms with van der Waals surface area (Å²) in [5.74, 6) is 0.853. The fourth-order valence-electron chi connectivity index (χ4n) is 10.6. The van der Waals surface area contributed by atoms with Gasteiger partial charge < -0.3 is 9.32 Å². The van der Waals surface area contributed by atoms with E-state index in [4.69, 9.17) is 4.42 Å². The summed E-state index contributed by atoms with van der Waals surface area (Å²) in [6, 6.07) is 103. The van der Waals surface area contributed by atoms with E-state index in [1.807, 2.05) is 12.1 Å². The maximum atomic E-state index is 6.51. The van der Waals surface area contributed by atoms with Crippen LogP contribution in [0.3, 0.4) is 0 Å². The Morgan fingerprint density at radius 1 is 0.222 bits per heavy atom. The first-order chi connectivity index (χ1) is 35.7. The lowest BCUT2D eigenvalue weighted by Crippen LogP contribution is -2.09. The molecule has 2 nitrogen and oxygen atoms in total. The minimum atomic E-state index is 0.853. The Morgan fingerprint density at radius 2 is 0.639 bits per heavy atom. The van der Waals surface area contributed by atoms with Crippen molar-refractivity contribution in [2.24, 2.45) is 0 Å². The number of benzene rings is 12. The first-order valence-electron chi connectivity index (χ1n) is 24.6. The van der Waals surface area contributed by atoms with Crippen LogP contribution in [0.5, 0.6) is 0 Å². The number of para-hydroxylation sites is 1. The first kappa shape index (κ1) is 42.6. The summed E-state index contributed by atoms with van der Waals surface area (Å²) in [5, 5.41) is 6.11. The molecule has 0 unspecified atom stereocenters. The summed E-state index contributed by atoms with van der Waals surface area (Å²) in [4.78, 5) is 2.37. The lowest BCUT2D eigenvalue weighted by atomic mass is 9.89. The predicted octanol–water partition coefficient (Wildman–Crippen LogP) is 19.9. The molecule has 0 saturated heterocycles. The Morgan fingerprint density at radius 3 is 1.22 bits per heavy atom. The summed E-state index contributed by atoms with van der Waals surface area (Å²) in [6.07, 6.45) is 0. The van der Waals surface area contributed by atoms with Crippen molar-refractivity contribution in [2.45, 2.75) is 0 Å². The molecule has 0 amide bonds.